The summed E-state index contributed by atoms with van der Waals surface area (Å²) < 4.78 is 18.5. The summed E-state index contributed by atoms with van der Waals surface area (Å²) in [6, 6.07) is 5.82. The monoisotopic (exact) mass is 260 g/mol. The topological polar surface area (TPSA) is 110 Å². The van der Waals surface area contributed by atoms with Gasteiger partial charge in [-0.1, -0.05) is 0 Å². The molecule has 0 amide bonds. The molecule has 19 heavy (non-hydrogen) atoms. The van der Waals surface area contributed by atoms with Crippen molar-refractivity contribution in [3.05, 3.63) is 29.6 Å². The highest BCUT2D eigenvalue weighted by Gasteiger charge is 2.08. The molecule has 96 valence electrons. The third-order valence-electron chi connectivity index (χ3n) is 2.16. The average Bonchev–Trinajstić information content (AvgIpc) is 2.40. The highest BCUT2D eigenvalue weighted by molar-refractivity contribution is 5.56. The summed E-state index contributed by atoms with van der Waals surface area (Å²) in [5.74, 6) is -0.603. The zero-order valence-corrected chi connectivity index (χ0v) is 9.88. The van der Waals surface area contributed by atoms with E-state index in [1.165, 1.54) is 19.2 Å². The van der Waals surface area contributed by atoms with Crippen molar-refractivity contribution >= 4 is 17.6 Å². The summed E-state index contributed by atoms with van der Waals surface area (Å²) in [6.45, 7) is 0. The van der Waals surface area contributed by atoms with Crippen LogP contribution in [0.25, 0.3) is 0 Å². The number of nitriles is 1. The Morgan fingerprint density at radius 2 is 2.16 bits per heavy atom. The second kappa shape index (κ2) is 5.14. The number of anilines is 3. The molecule has 1 heterocycles. The van der Waals surface area contributed by atoms with Gasteiger partial charge in [-0.15, -0.1) is 0 Å². The van der Waals surface area contributed by atoms with E-state index in [2.05, 4.69) is 20.3 Å². The number of hydrogen-bond donors (Lipinski definition) is 2. The molecule has 2 rings (SSSR count). The molecule has 3 N–H and O–H groups in total. The number of aromatic nitrogens is 3. The number of hydrogen-bond acceptors (Lipinski definition) is 7. The molecule has 1 aromatic carbocycles. The largest absolute Gasteiger partial charge is 0.467 e. The van der Waals surface area contributed by atoms with Gasteiger partial charge in [0.05, 0.1) is 24.4 Å². The molecule has 0 radical (unpaired) electrons. The molecule has 0 fully saturated rings. The normalized spacial score (nSPS) is 9.74. The first-order valence-electron chi connectivity index (χ1n) is 5.14. The van der Waals surface area contributed by atoms with Crippen molar-refractivity contribution in [2.75, 3.05) is 18.2 Å². The second-order valence-corrected chi connectivity index (χ2v) is 3.44. The maximum Gasteiger partial charge on any atom is 0.322 e. The van der Waals surface area contributed by atoms with E-state index < -0.39 is 5.82 Å². The van der Waals surface area contributed by atoms with Gasteiger partial charge in [-0.05, 0) is 18.2 Å². The van der Waals surface area contributed by atoms with E-state index in [0.29, 0.717) is 0 Å². The van der Waals surface area contributed by atoms with E-state index >= 15 is 0 Å². The molecule has 8 heteroatoms. The van der Waals surface area contributed by atoms with Gasteiger partial charge in [-0.25, -0.2) is 4.39 Å². The smallest absolute Gasteiger partial charge is 0.322 e. The number of halogens is 1. The van der Waals surface area contributed by atoms with E-state index in [9.17, 15) is 4.39 Å². The lowest BCUT2D eigenvalue weighted by Gasteiger charge is -2.07. The zero-order chi connectivity index (χ0) is 13.8. The van der Waals surface area contributed by atoms with Crippen LogP contribution in [0.15, 0.2) is 18.2 Å². The third-order valence-corrected chi connectivity index (χ3v) is 2.16. The van der Waals surface area contributed by atoms with Crippen molar-refractivity contribution in [1.82, 2.24) is 15.0 Å². The van der Waals surface area contributed by atoms with Crippen LogP contribution in [0, 0.1) is 17.1 Å². The minimum atomic E-state index is -0.600. The van der Waals surface area contributed by atoms with Gasteiger partial charge in [-0.2, -0.15) is 20.2 Å². The van der Waals surface area contributed by atoms with Gasteiger partial charge in [0, 0.05) is 0 Å². The van der Waals surface area contributed by atoms with Crippen molar-refractivity contribution < 1.29 is 9.13 Å². The van der Waals surface area contributed by atoms with E-state index in [1.54, 1.807) is 0 Å². The van der Waals surface area contributed by atoms with Gasteiger partial charge in [0.25, 0.3) is 0 Å². The molecule has 0 spiro atoms. The number of benzene rings is 1. The standard InChI is InChI=1S/C11H9FN6O/c1-19-11-17-9(14)16-10(18-11)15-8-3-2-6(5-13)4-7(8)12/h2-4H,1H3,(H3,14,15,16,17,18). The van der Waals surface area contributed by atoms with Gasteiger partial charge in [0.2, 0.25) is 11.9 Å². The van der Waals surface area contributed by atoms with Gasteiger partial charge in [-0.3, -0.25) is 0 Å². The predicted molar refractivity (Wildman–Crippen MR) is 65.2 cm³/mol. The van der Waals surface area contributed by atoms with Crippen LogP contribution in [0.5, 0.6) is 6.01 Å². The summed E-state index contributed by atoms with van der Waals surface area (Å²) in [4.78, 5) is 11.4. The molecule has 7 nitrogen and oxygen atoms in total. The van der Waals surface area contributed by atoms with Crippen molar-refractivity contribution in [3.63, 3.8) is 0 Å². The number of nitrogens with zero attached hydrogens (tertiary/aromatic N) is 4. The highest BCUT2D eigenvalue weighted by atomic mass is 19.1. The van der Waals surface area contributed by atoms with E-state index in [-0.39, 0.29) is 29.2 Å². The van der Waals surface area contributed by atoms with Crippen molar-refractivity contribution in [1.29, 1.82) is 5.26 Å². The van der Waals surface area contributed by atoms with Gasteiger partial charge < -0.3 is 15.8 Å². The Labute approximate surface area is 107 Å². The Balaban J connectivity index is 2.31. The van der Waals surface area contributed by atoms with Gasteiger partial charge in [0.1, 0.15) is 5.82 Å². The van der Waals surface area contributed by atoms with Crippen molar-refractivity contribution in [2.24, 2.45) is 0 Å². The molecule has 0 bridgehead atoms. The van der Waals surface area contributed by atoms with Crippen LogP contribution >= 0.6 is 0 Å². The number of rotatable bonds is 3. The molecule has 0 saturated heterocycles. The average molecular weight is 260 g/mol. The van der Waals surface area contributed by atoms with Crippen LogP contribution < -0.4 is 15.8 Å². The third kappa shape index (κ3) is 2.84. The molecule has 0 saturated carbocycles. The van der Waals surface area contributed by atoms with E-state index in [0.717, 1.165) is 6.07 Å². The fourth-order valence-electron chi connectivity index (χ4n) is 1.33. The Morgan fingerprint density at radius 3 is 2.79 bits per heavy atom. The highest BCUT2D eigenvalue weighted by Crippen LogP contribution is 2.19. The zero-order valence-electron chi connectivity index (χ0n) is 9.88. The Hall–Kier alpha value is -2.95. The minimum Gasteiger partial charge on any atom is -0.467 e. The first kappa shape index (κ1) is 12.5. The van der Waals surface area contributed by atoms with E-state index in [4.69, 9.17) is 15.7 Å². The lowest BCUT2D eigenvalue weighted by molar-refractivity contribution is 0.380. The molecule has 0 atom stereocenters. The van der Waals surface area contributed by atoms with Crippen LogP contribution in [-0.2, 0) is 0 Å². The minimum absolute atomic E-state index is 0.0176. The summed E-state index contributed by atoms with van der Waals surface area (Å²) in [7, 11) is 1.38. The first-order chi connectivity index (χ1) is 9.12. The van der Waals surface area contributed by atoms with Crippen LogP contribution in [-0.4, -0.2) is 22.1 Å². The molecular formula is C11H9FN6O. The number of nitrogen functional groups attached to an aromatic ring is 1. The lowest BCUT2D eigenvalue weighted by atomic mass is 10.2. The van der Waals surface area contributed by atoms with Crippen LogP contribution in [0.4, 0.5) is 22.0 Å². The fraction of sp³-hybridized carbons (Fsp3) is 0.0909. The van der Waals surface area contributed by atoms with Crippen molar-refractivity contribution in [3.8, 4) is 12.1 Å². The fourth-order valence-corrected chi connectivity index (χ4v) is 1.33. The Morgan fingerprint density at radius 1 is 1.37 bits per heavy atom. The molecular weight excluding hydrogens is 251 g/mol. The predicted octanol–water partition coefficient (Wildman–Crippen LogP) is 1.22. The number of nitrogens with two attached hydrogens (primary N) is 1. The number of ether oxygens (including phenoxy) is 1. The molecule has 0 unspecified atom stereocenters. The number of methoxy groups -OCH3 is 1. The van der Waals surface area contributed by atoms with Crippen LogP contribution in [0.1, 0.15) is 5.56 Å². The summed E-state index contributed by atoms with van der Waals surface area (Å²) in [5.41, 5.74) is 5.79. The summed E-state index contributed by atoms with van der Waals surface area (Å²) >= 11 is 0. The maximum absolute atomic E-state index is 13.7. The lowest BCUT2D eigenvalue weighted by Crippen LogP contribution is -2.06. The van der Waals surface area contributed by atoms with Crippen molar-refractivity contribution in [2.45, 2.75) is 0 Å². The molecule has 2 aromatic rings. The van der Waals surface area contributed by atoms with Gasteiger partial charge in [0.15, 0.2) is 0 Å². The molecule has 0 aliphatic carbocycles. The molecule has 0 aliphatic heterocycles. The molecule has 0 aliphatic rings. The Kier molecular flexibility index (Phi) is 3.38. The number of nitrogens with one attached hydrogen (secondary N) is 1. The molecule has 1 aromatic heterocycles. The van der Waals surface area contributed by atoms with Gasteiger partial charge >= 0.3 is 6.01 Å². The quantitative estimate of drug-likeness (QED) is 0.853. The second-order valence-electron chi connectivity index (χ2n) is 3.44. The summed E-state index contributed by atoms with van der Waals surface area (Å²) in [6.07, 6.45) is 0. The van der Waals surface area contributed by atoms with Crippen LogP contribution in [0.3, 0.4) is 0 Å². The Bertz CT molecular complexity index is 654. The SMILES string of the molecule is COc1nc(N)nc(Nc2ccc(C#N)cc2F)n1. The van der Waals surface area contributed by atoms with Crippen LogP contribution in [0.2, 0.25) is 0 Å². The summed E-state index contributed by atoms with van der Waals surface area (Å²) in [5, 5.41) is 11.3. The first-order valence-corrected chi connectivity index (χ1v) is 5.14. The van der Waals surface area contributed by atoms with E-state index in [1.807, 2.05) is 6.07 Å². The maximum atomic E-state index is 13.7.